The standard InChI is InChI=1S/C37H55ClN2O9/c1-9-28(46-8)24(4)33-34(49-33)35(40-21-26-13-15-30(38)39-20-26)37(7,45)17-10-11-22(2)32-23(3)12-14-29(47-25(5)41)36(6,44)18-16-27(42)19-31(43)48-32/h10-15,17,20,23-24,27-29,32-35,40,42,44-45H,9,16,18-19,21H2,1-8H3/b14-12+,17-10+,22-11+/t23-,24+,27+,28-,29-,32-,33+,34-,35?,36+,37?/m0/s1. The molecule has 0 radical (unpaired) electrons. The van der Waals surface area contributed by atoms with Gasteiger partial charge >= 0.3 is 11.9 Å². The number of aliphatic hydroxyl groups excluding tert-OH is 1. The number of esters is 2. The summed E-state index contributed by atoms with van der Waals surface area (Å²) in [4.78, 5) is 28.8. The van der Waals surface area contributed by atoms with Crippen LogP contribution in [0, 0.1) is 11.8 Å². The summed E-state index contributed by atoms with van der Waals surface area (Å²) in [6.07, 6.45) is 7.88. The fraction of sp³-hybridized carbons (Fsp3) is 0.649. The van der Waals surface area contributed by atoms with Gasteiger partial charge < -0.3 is 39.6 Å². The first-order valence-corrected chi connectivity index (χ1v) is 17.4. The lowest BCUT2D eigenvalue weighted by Gasteiger charge is -2.32. The van der Waals surface area contributed by atoms with Gasteiger partial charge in [-0.2, -0.15) is 0 Å². The molecule has 2 aliphatic heterocycles. The number of carbonyl (C=O) groups excluding carboxylic acids is 2. The summed E-state index contributed by atoms with van der Waals surface area (Å²) in [5.41, 5.74) is -1.26. The number of rotatable bonds is 13. The molecule has 3 rings (SSSR count). The number of aromatic nitrogens is 1. The molecule has 3 heterocycles. The summed E-state index contributed by atoms with van der Waals surface area (Å²) < 4.78 is 23.1. The minimum atomic E-state index is -1.46. The van der Waals surface area contributed by atoms with Crippen LogP contribution in [0.2, 0.25) is 5.15 Å². The van der Waals surface area contributed by atoms with E-state index < -0.39 is 53.4 Å². The number of cyclic esters (lactones) is 1. The molecule has 2 unspecified atom stereocenters. The normalized spacial score (nSPS) is 32.2. The maximum Gasteiger partial charge on any atom is 0.309 e. The molecule has 0 amide bonds. The summed E-state index contributed by atoms with van der Waals surface area (Å²) in [5.74, 6) is -1.41. The average molecular weight is 707 g/mol. The van der Waals surface area contributed by atoms with Crippen molar-refractivity contribution in [1.29, 1.82) is 0 Å². The highest BCUT2D eigenvalue weighted by Crippen LogP contribution is 2.39. The molecule has 12 heteroatoms. The highest BCUT2D eigenvalue weighted by Gasteiger charge is 2.54. The molecular weight excluding hydrogens is 652 g/mol. The summed E-state index contributed by atoms with van der Waals surface area (Å²) in [7, 11) is 1.69. The summed E-state index contributed by atoms with van der Waals surface area (Å²) in [6.45, 7) is 12.8. The smallest absolute Gasteiger partial charge is 0.309 e. The number of nitrogens with one attached hydrogen (secondary N) is 1. The van der Waals surface area contributed by atoms with Crippen LogP contribution in [0.25, 0.3) is 0 Å². The van der Waals surface area contributed by atoms with Crippen LogP contribution in [-0.2, 0) is 35.1 Å². The van der Waals surface area contributed by atoms with Crippen molar-refractivity contribution in [2.75, 3.05) is 7.11 Å². The number of halogens is 1. The first kappa shape index (κ1) is 40.8. The molecule has 11 nitrogen and oxygen atoms in total. The van der Waals surface area contributed by atoms with Crippen molar-refractivity contribution in [3.8, 4) is 0 Å². The van der Waals surface area contributed by atoms with Crippen LogP contribution in [0.15, 0.2) is 54.3 Å². The van der Waals surface area contributed by atoms with E-state index >= 15 is 0 Å². The van der Waals surface area contributed by atoms with Gasteiger partial charge in [-0.3, -0.25) is 9.59 Å². The molecular formula is C37H55ClN2O9. The summed E-state index contributed by atoms with van der Waals surface area (Å²) in [5, 5.41) is 37.3. The molecule has 4 N–H and O–H groups in total. The number of nitrogens with zero attached hydrogens (tertiary/aromatic N) is 1. The number of methoxy groups -OCH3 is 1. The van der Waals surface area contributed by atoms with E-state index in [1.54, 1.807) is 56.7 Å². The minimum absolute atomic E-state index is 0.0171. The second-order valence-corrected chi connectivity index (χ2v) is 14.3. The Balaban J connectivity index is 1.87. The Hall–Kier alpha value is -2.64. The van der Waals surface area contributed by atoms with E-state index in [2.05, 4.69) is 24.1 Å². The van der Waals surface area contributed by atoms with Crippen LogP contribution in [0.3, 0.4) is 0 Å². The number of pyridine rings is 1. The van der Waals surface area contributed by atoms with E-state index in [1.165, 1.54) is 13.8 Å². The molecule has 1 fully saturated rings. The maximum absolute atomic E-state index is 12.9. The van der Waals surface area contributed by atoms with Crippen molar-refractivity contribution in [2.45, 2.75) is 135 Å². The topological polar surface area (TPSA) is 160 Å². The van der Waals surface area contributed by atoms with E-state index in [1.807, 2.05) is 19.9 Å². The lowest BCUT2D eigenvalue weighted by Crippen LogP contribution is -2.52. The Morgan fingerprint density at radius 3 is 2.61 bits per heavy atom. The fourth-order valence-corrected chi connectivity index (χ4v) is 6.52. The van der Waals surface area contributed by atoms with Gasteiger partial charge in [0.05, 0.1) is 36.4 Å². The number of allylic oxidation sites excluding steroid dienone is 2. The molecule has 274 valence electrons. The Bertz CT molecular complexity index is 1330. The van der Waals surface area contributed by atoms with Crippen LogP contribution < -0.4 is 5.32 Å². The quantitative estimate of drug-likeness (QED) is 0.0746. The van der Waals surface area contributed by atoms with E-state index in [0.29, 0.717) is 17.3 Å². The molecule has 1 aromatic rings. The van der Waals surface area contributed by atoms with E-state index in [4.69, 9.17) is 30.5 Å². The van der Waals surface area contributed by atoms with E-state index in [0.717, 1.165) is 12.0 Å². The van der Waals surface area contributed by atoms with Gasteiger partial charge in [-0.05, 0) is 63.3 Å². The van der Waals surface area contributed by atoms with Crippen molar-refractivity contribution in [2.24, 2.45) is 11.8 Å². The van der Waals surface area contributed by atoms with Crippen molar-refractivity contribution in [1.82, 2.24) is 10.3 Å². The number of epoxide rings is 1. The largest absolute Gasteiger partial charge is 0.457 e. The van der Waals surface area contributed by atoms with Gasteiger partial charge in [0.2, 0.25) is 0 Å². The summed E-state index contributed by atoms with van der Waals surface area (Å²) >= 11 is 5.97. The number of ether oxygens (including phenoxy) is 4. The molecule has 1 aromatic heterocycles. The molecule has 11 atom stereocenters. The van der Waals surface area contributed by atoms with Crippen molar-refractivity contribution in [3.05, 3.63) is 65.0 Å². The van der Waals surface area contributed by atoms with Gasteiger partial charge in [0, 0.05) is 38.6 Å². The Kier molecular flexibility index (Phi) is 15.0. The van der Waals surface area contributed by atoms with Gasteiger partial charge in [0.15, 0.2) is 0 Å². The van der Waals surface area contributed by atoms with Gasteiger partial charge in [0.1, 0.15) is 29.1 Å². The summed E-state index contributed by atoms with van der Waals surface area (Å²) in [6, 6.07) is 3.09. The predicted octanol–water partition coefficient (Wildman–Crippen LogP) is 4.61. The van der Waals surface area contributed by atoms with Gasteiger partial charge in [-0.15, -0.1) is 0 Å². The van der Waals surface area contributed by atoms with Crippen LogP contribution in [0.1, 0.15) is 79.7 Å². The third kappa shape index (κ3) is 12.0. The van der Waals surface area contributed by atoms with Crippen LogP contribution in [0.5, 0.6) is 0 Å². The van der Waals surface area contributed by atoms with E-state index in [9.17, 15) is 24.9 Å². The van der Waals surface area contributed by atoms with Crippen molar-refractivity contribution < 1.29 is 43.9 Å². The third-order valence-corrected chi connectivity index (χ3v) is 9.73. The van der Waals surface area contributed by atoms with Crippen LogP contribution >= 0.6 is 11.6 Å². The Morgan fingerprint density at radius 2 is 2.00 bits per heavy atom. The van der Waals surface area contributed by atoms with Crippen LogP contribution in [-0.4, -0.2) is 93.2 Å². The SMILES string of the molecule is CC[C@H](OC)[C@@H](C)[C@H]1O[C@@H]1C(NCc1ccc(Cl)nc1)C(C)(O)/C=C/C=C(\C)[C@@H]1OC(=O)C[C@H](O)CC[C@@](C)(O)[C@@H](OC(C)=O)/C=C/[C@@H]1C. The monoisotopic (exact) mass is 706 g/mol. The molecule has 49 heavy (non-hydrogen) atoms. The number of hydrogen-bond donors (Lipinski definition) is 4. The van der Waals surface area contributed by atoms with Gasteiger partial charge in [-0.1, -0.05) is 62.7 Å². The zero-order valence-electron chi connectivity index (χ0n) is 30.0. The van der Waals surface area contributed by atoms with Crippen LogP contribution in [0.4, 0.5) is 0 Å². The highest BCUT2D eigenvalue weighted by molar-refractivity contribution is 6.29. The van der Waals surface area contributed by atoms with Crippen molar-refractivity contribution >= 4 is 23.5 Å². The van der Waals surface area contributed by atoms with Gasteiger partial charge in [0.25, 0.3) is 0 Å². The molecule has 1 saturated heterocycles. The molecule has 2 aliphatic rings. The fourth-order valence-electron chi connectivity index (χ4n) is 6.41. The zero-order valence-corrected chi connectivity index (χ0v) is 30.7. The highest BCUT2D eigenvalue weighted by atomic mass is 35.5. The minimum Gasteiger partial charge on any atom is -0.457 e. The lowest BCUT2D eigenvalue weighted by molar-refractivity contribution is -0.157. The molecule has 0 aliphatic carbocycles. The molecule has 0 bridgehead atoms. The first-order chi connectivity index (χ1) is 23.0. The molecule has 0 aromatic carbocycles. The predicted molar refractivity (Wildman–Crippen MR) is 187 cm³/mol. The zero-order chi connectivity index (χ0) is 36.5. The van der Waals surface area contributed by atoms with Gasteiger partial charge in [-0.25, -0.2) is 4.98 Å². The Morgan fingerprint density at radius 1 is 1.29 bits per heavy atom. The average Bonchev–Trinajstić information content (AvgIpc) is 3.81. The number of carbonyl (C=O) groups is 2. The third-order valence-electron chi connectivity index (χ3n) is 9.50. The maximum atomic E-state index is 12.9. The van der Waals surface area contributed by atoms with Crippen molar-refractivity contribution in [3.63, 3.8) is 0 Å². The number of aliphatic hydroxyl groups is 3. The molecule has 0 spiro atoms. The van der Waals surface area contributed by atoms with E-state index in [-0.39, 0.29) is 43.5 Å². The number of hydrogen-bond acceptors (Lipinski definition) is 11. The lowest BCUT2D eigenvalue weighted by atomic mass is 9.87. The first-order valence-electron chi connectivity index (χ1n) is 17.0. The second-order valence-electron chi connectivity index (χ2n) is 13.9. The second kappa shape index (κ2) is 18.0. The molecule has 0 saturated carbocycles. The Labute approximate surface area is 295 Å².